The van der Waals surface area contributed by atoms with Gasteiger partial charge in [0.1, 0.15) is 11.5 Å². The number of fused-ring (bicyclic) bond motifs is 1. The van der Waals surface area contributed by atoms with Gasteiger partial charge in [0.25, 0.3) is 5.91 Å². The molecule has 31 heavy (non-hydrogen) atoms. The molecule has 4 aromatic rings. The molecule has 0 atom stereocenters. The molecule has 0 aliphatic carbocycles. The van der Waals surface area contributed by atoms with Gasteiger partial charge in [0.15, 0.2) is 0 Å². The Labute approximate surface area is 183 Å². The first-order valence-electron chi connectivity index (χ1n) is 10.2. The number of amides is 1. The first-order valence-corrected chi connectivity index (χ1v) is 11.1. The third-order valence-corrected chi connectivity index (χ3v) is 6.45. The van der Waals surface area contributed by atoms with Crippen molar-refractivity contribution in [3.8, 4) is 21.8 Å². The number of benzene rings is 2. The van der Waals surface area contributed by atoms with E-state index < -0.39 is 0 Å². The van der Waals surface area contributed by atoms with E-state index in [2.05, 4.69) is 11.9 Å². The number of likely N-dealkylation sites (N-methyl/N-ethyl adjacent to an activating group) is 1. The molecule has 0 N–H and O–H groups in total. The van der Waals surface area contributed by atoms with Crippen molar-refractivity contribution in [3.63, 3.8) is 0 Å². The van der Waals surface area contributed by atoms with Gasteiger partial charge in [-0.3, -0.25) is 4.79 Å². The molecule has 5 rings (SSSR count). The van der Waals surface area contributed by atoms with Crippen LogP contribution >= 0.6 is 11.3 Å². The number of carbonyl (C=O) groups is 1. The Morgan fingerprint density at radius 3 is 2.39 bits per heavy atom. The van der Waals surface area contributed by atoms with Crippen LogP contribution in [0.3, 0.4) is 0 Å². The molecule has 0 bridgehead atoms. The Morgan fingerprint density at radius 2 is 1.68 bits per heavy atom. The molecule has 1 saturated heterocycles. The highest BCUT2D eigenvalue weighted by Gasteiger charge is 2.21. The molecule has 7 heteroatoms. The van der Waals surface area contributed by atoms with Gasteiger partial charge in [-0.15, -0.1) is 11.3 Å². The minimum atomic E-state index is -0.290. The maximum absolute atomic E-state index is 13.5. The van der Waals surface area contributed by atoms with Gasteiger partial charge in [-0.2, -0.15) is 0 Å². The second-order valence-corrected chi connectivity index (χ2v) is 8.65. The lowest BCUT2D eigenvalue weighted by atomic mass is 10.1. The van der Waals surface area contributed by atoms with E-state index in [1.165, 1.54) is 12.1 Å². The predicted molar refractivity (Wildman–Crippen MR) is 122 cm³/mol. The summed E-state index contributed by atoms with van der Waals surface area (Å²) < 4.78 is 13.5. The second kappa shape index (κ2) is 8.17. The number of hydrogen-bond acceptors (Lipinski definition) is 5. The van der Waals surface area contributed by atoms with Crippen LogP contribution in [0, 0.1) is 5.82 Å². The Balaban J connectivity index is 1.58. The van der Waals surface area contributed by atoms with Crippen molar-refractivity contribution < 1.29 is 9.18 Å². The van der Waals surface area contributed by atoms with E-state index >= 15 is 0 Å². The predicted octanol–water partition coefficient (Wildman–Crippen LogP) is 4.55. The van der Waals surface area contributed by atoms with Gasteiger partial charge in [0.05, 0.1) is 21.6 Å². The topological polar surface area (TPSA) is 49.3 Å². The second-order valence-electron chi connectivity index (χ2n) is 7.70. The lowest BCUT2D eigenvalue weighted by Gasteiger charge is -2.32. The molecule has 0 unspecified atom stereocenters. The third-order valence-electron chi connectivity index (χ3n) is 5.57. The van der Waals surface area contributed by atoms with E-state index in [1.54, 1.807) is 23.5 Å². The summed E-state index contributed by atoms with van der Waals surface area (Å²) in [4.78, 5) is 27.8. The highest BCUT2D eigenvalue weighted by Crippen LogP contribution is 2.33. The number of rotatable bonds is 3. The average Bonchev–Trinajstić information content (AvgIpc) is 3.33. The number of aromatic nitrogens is 2. The number of carbonyl (C=O) groups excluding carboxylic acids is 1. The zero-order valence-corrected chi connectivity index (χ0v) is 17.9. The fourth-order valence-corrected chi connectivity index (χ4v) is 4.49. The van der Waals surface area contributed by atoms with Gasteiger partial charge in [0, 0.05) is 37.3 Å². The smallest absolute Gasteiger partial charge is 0.254 e. The van der Waals surface area contributed by atoms with Crippen LogP contribution in [0.5, 0.6) is 0 Å². The molecule has 5 nitrogen and oxygen atoms in total. The normalized spacial score (nSPS) is 14.8. The van der Waals surface area contributed by atoms with E-state index in [-0.39, 0.29) is 11.7 Å². The summed E-state index contributed by atoms with van der Waals surface area (Å²) in [7, 11) is 2.07. The lowest BCUT2D eigenvalue weighted by molar-refractivity contribution is 0.0664. The molecule has 156 valence electrons. The summed E-state index contributed by atoms with van der Waals surface area (Å²) in [6, 6.07) is 15.7. The molecule has 1 aliphatic rings. The largest absolute Gasteiger partial charge is 0.336 e. The highest BCUT2D eigenvalue weighted by molar-refractivity contribution is 7.13. The standard InChI is InChI=1S/C24H21FN4OS/c1-28-10-12-29(13-11-28)24(30)17-6-9-19-20(15-17)27-23(21-3-2-14-31-21)22(26-19)16-4-7-18(25)8-5-16/h2-9,14-15H,10-13H2,1H3. The molecule has 1 aliphatic heterocycles. The SMILES string of the molecule is CN1CCN(C(=O)c2ccc3nc(-c4ccc(F)cc4)c(-c4cccs4)nc3c2)CC1. The van der Waals surface area contributed by atoms with Crippen LogP contribution in [0.1, 0.15) is 10.4 Å². The number of hydrogen-bond donors (Lipinski definition) is 0. The van der Waals surface area contributed by atoms with Crippen LogP contribution in [0.4, 0.5) is 4.39 Å². The fraction of sp³-hybridized carbons (Fsp3) is 0.208. The van der Waals surface area contributed by atoms with Crippen LogP contribution in [-0.4, -0.2) is 58.9 Å². The third kappa shape index (κ3) is 3.94. The van der Waals surface area contributed by atoms with Crippen molar-refractivity contribution in [1.29, 1.82) is 0 Å². The average molecular weight is 433 g/mol. The minimum Gasteiger partial charge on any atom is -0.336 e. The molecule has 0 saturated carbocycles. The molecule has 2 aromatic carbocycles. The number of halogens is 1. The molecular formula is C24H21FN4OS. The fourth-order valence-electron chi connectivity index (χ4n) is 3.77. The van der Waals surface area contributed by atoms with Gasteiger partial charge < -0.3 is 9.80 Å². The maximum atomic E-state index is 13.5. The van der Waals surface area contributed by atoms with Gasteiger partial charge in [-0.05, 0) is 61.0 Å². The summed E-state index contributed by atoms with van der Waals surface area (Å²) in [6.45, 7) is 3.21. The van der Waals surface area contributed by atoms with Crippen LogP contribution in [0.25, 0.3) is 32.9 Å². The lowest BCUT2D eigenvalue weighted by Crippen LogP contribution is -2.47. The van der Waals surface area contributed by atoms with Crippen molar-refractivity contribution in [2.75, 3.05) is 33.2 Å². The van der Waals surface area contributed by atoms with Gasteiger partial charge in [-0.1, -0.05) is 6.07 Å². The van der Waals surface area contributed by atoms with Gasteiger partial charge >= 0.3 is 0 Å². The van der Waals surface area contributed by atoms with E-state index in [1.807, 2.05) is 40.6 Å². The number of thiophene rings is 1. The zero-order valence-electron chi connectivity index (χ0n) is 17.1. The summed E-state index contributed by atoms with van der Waals surface area (Å²) in [5.74, 6) is -0.265. The van der Waals surface area contributed by atoms with E-state index in [0.717, 1.165) is 42.3 Å². The number of nitrogens with zero attached hydrogens (tertiary/aromatic N) is 4. The van der Waals surface area contributed by atoms with E-state index in [4.69, 9.17) is 9.97 Å². The molecule has 2 aromatic heterocycles. The van der Waals surface area contributed by atoms with E-state index in [0.29, 0.717) is 22.3 Å². The van der Waals surface area contributed by atoms with E-state index in [9.17, 15) is 9.18 Å². The molecule has 3 heterocycles. The van der Waals surface area contributed by atoms with Crippen molar-refractivity contribution in [2.24, 2.45) is 0 Å². The van der Waals surface area contributed by atoms with Crippen molar-refractivity contribution in [3.05, 3.63) is 71.4 Å². The van der Waals surface area contributed by atoms with Crippen LogP contribution < -0.4 is 0 Å². The van der Waals surface area contributed by atoms with Crippen LogP contribution in [0.2, 0.25) is 0 Å². The van der Waals surface area contributed by atoms with Crippen molar-refractivity contribution in [2.45, 2.75) is 0 Å². The Morgan fingerprint density at radius 1 is 0.935 bits per heavy atom. The quantitative estimate of drug-likeness (QED) is 0.477. The zero-order chi connectivity index (χ0) is 21.4. The summed E-state index contributed by atoms with van der Waals surface area (Å²) >= 11 is 1.57. The maximum Gasteiger partial charge on any atom is 0.254 e. The minimum absolute atomic E-state index is 0.0251. The first-order chi connectivity index (χ1) is 15.1. The Kier molecular flexibility index (Phi) is 5.21. The van der Waals surface area contributed by atoms with Gasteiger partial charge in [0.2, 0.25) is 0 Å². The first kappa shape index (κ1) is 19.8. The molecular weight excluding hydrogens is 411 g/mol. The molecule has 0 radical (unpaired) electrons. The van der Waals surface area contributed by atoms with Crippen LogP contribution in [0.15, 0.2) is 60.0 Å². The Bertz CT molecular complexity index is 1230. The van der Waals surface area contributed by atoms with Crippen molar-refractivity contribution >= 4 is 28.3 Å². The monoisotopic (exact) mass is 432 g/mol. The summed E-state index contributed by atoms with van der Waals surface area (Å²) in [5, 5.41) is 1.99. The van der Waals surface area contributed by atoms with Gasteiger partial charge in [-0.25, -0.2) is 14.4 Å². The Hall–Kier alpha value is -3.16. The summed E-state index contributed by atoms with van der Waals surface area (Å²) in [5.41, 5.74) is 4.24. The molecule has 0 spiro atoms. The molecule has 1 amide bonds. The van der Waals surface area contributed by atoms with Crippen LogP contribution in [-0.2, 0) is 0 Å². The summed E-state index contributed by atoms with van der Waals surface area (Å²) in [6.07, 6.45) is 0. The molecule has 1 fully saturated rings. The van der Waals surface area contributed by atoms with Crippen molar-refractivity contribution in [1.82, 2.24) is 19.8 Å². The number of piperazine rings is 1. The highest BCUT2D eigenvalue weighted by atomic mass is 32.1.